The van der Waals surface area contributed by atoms with E-state index in [0.29, 0.717) is 0 Å². The van der Waals surface area contributed by atoms with E-state index in [4.69, 9.17) is 0 Å². The number of nitrogens with zero attached hydrogens (tertiary/aromatic N) is 2. The molecule has 1 aromatic carbocycles. The highest BCUT2D eigenvalue weighted by Gasteiger charge is 2.17. The van der Waals surface area contributed by atoms with Gasteiger partial charge in [-0.15, -0.1) is 0 Å². The van der Waals surface area contributed by atoms with Crippen LogP contribution in [0.5, 0.6) is 0 Å². The highest BCUT2D eigenvalue weighted by molar-refractivity contribution is 5.40. The van der Waals surface area contributed by atoms with Crippen molar-refractivity contribution in [1.29, 1.82) is 0 Å². The lowest BCUT2D eigenvalue weighted by molar-refractivity contribution is 0.965. The van der Waals surface area contributed by atoms with Gasteiger partial charge in [0.05, 0.1) is 6.20 Å². The van der Waals surface area contributed by atoms with Crippen molar-refractivity contribution in [3.63, 3.8) is 0 Å². The first kappa shape index (κ1) is 10.7. The fraction of sp³-hybridized carbons (Fsp3) is 0.0667. The van der Waals surface area contributed by atoms with Crippen LogP contribution in [0.15, 0.2) is 67.3 Å². The van der Waals surface area contributed by atoms with Crippen LogP contribution in [0.2, 0.25) is 0 Å². The maximum atomic E-state index is 4.21. The minimum atomic E-state index is 0.179. The van der Waals surface area contributed by atoms with E-state index in [9.17, 15) is 0 Å². The predicted molar refractivity (Wildman–Crippen MR) is 70.2 cm³/mol. The van der Waals surface area contributed by atoms with Crippen LogP contribution in [-0.4, -0.2) is 15.2 Å². The Morgan fingerprint density at radius 2 is 1.67 bits per heavy atom. The molecule has 0 fully saturated rings. The van der Waals surface area contributed by atoms with Crippen molar-refractivity contribution >= 4 is 0 Å². The summed E-state index contributed by atoms with van der Waals surface area (Å²) < 4.78 is 0. The summed E-state index contributed by atoms with van der Waals surface area (Å²) in [6.07, 6.45) is 7.50. The van der Waals surface area contributed by atoms with E-state index in [1.165, 1.54) is 11.1 Å². The van der Waals surface area contributed by atoms with Gasteiger partial charge >= 0.3 is 0 Å². The van der Waals surface area contributed by atoms with E-state index in [-0.39, 0.29) is 5.92 Å². The van der Waals surface area contributed by atoms with Crippen LogP contribution in [0.25, 0.3) is 0 Å². The van der Waals surface area contributed by atoms with Crippen LogP contribution in [0.3, 0.4) is 0 Å². The van der Waals surface area contributed by atoms with Gasteiger partial charge in [0.1, 0.15) is 0 Å². The third-order valence-electron chi connectivity index (χ3n) is 3.00. The molecule has 0 spiro atoms. The zero-order valence-electron chi connectivity index (χ0n) is 9.82. The van der Waals surface area contributed by atoms with Gasteiger partial charge in [0.25, 0.3) is 0 Å². The number of aromatic amines is 1. The summed E-state index contributed by atoms with van der Waals surface area (Å²) in [7, 11) is 0. The average Bonchev–Trinajstić information content (AvgIpc) is 2.95. The molecule has 0 aliphatic carbocycles. The SMILES string of the molecule is c1ccc(C(c2cccnc2)c2cn[nH]c2)cc1. The number of pyridine rings is 1. The van der Waals surface area contributed by atoms with Crippen LogP contribution in [0.4, 0.5) is 0 Å². The molecule has 18 heavy (non-hydrogen) atoms. The highest BCUT2D eigenvalue weighted by atomic mass is 15.1. The lowest BCUT2D eigenvalue weighted by Crippen LogP contribution is -2.02. The van der Waals surface area contributed by atoms with Crippen molar-refractivity contribution < 1.29 is 0 Å². The molecule has 2 heterocycles. The Morgan fingerprint density at radius 3 is 2.33 bits per heavy atom. The second-order valence-corrected chi connectivity index (χ2v) is 4.16. The van der Waals surface area contributed by atoms with Crippen molar-refractivity contribution in [1.82, 2.24) is 15.2 Å². The summed E-state index contributed by atoms with van der Waals surface area (Å²) in [6.45, 7) is 0. The zero-order valence-corrected chi connectivity index (χ0v) is 9.82. The Labute approximate surface area is 106 Å². The molecule has 0 bridgehead atoms. The largest absolute Gasteiger partial charge is 0.285 e. The summed E-state index contributed by atoms with van der Waals surface area (Å²) in [6, 6.07) is 14.5. The molecule has 1 unspecified atom stereocenters. The quantitative estimate of drug-likeness (QED) is 0.758. The van der Waals surface area contributed by atoms with Gasteiger partial charge in [-0.2, -0.15) is 5.10 Å². The molecule has 3 aromatic rings. The Bertz CT molecular complexity index is 549. The summed E-state index contributed by atoms with van der Waals surface area (Å²) in [4.78, 5) is 4.21. The summed E-state index contributed by atoms with van der Waals surface area (Å²) >= 11 is 0. The molecule has 3 rings (SSSR count). The number of aromatic nitrogens is 3. The number of H-pyrrole nitrogens is 1. The normalized spacial score (nSPS) is 12.2. The van der Waals surface area contributed by atoms with Gasteiger partial charge in [0.15, 0.2) is 0 Å². The molecule has 0 saturated carbocycles. The molecular formula is C15H13N3. The van der Waals surface area contributed by atoms with E-state index in [0.717, 1.165) is 5.56 Å². The molecule has 0 saturated heterocycles. The molecule has 1 N–H and O–H groups in total. The molecule has 88 valence electrons. The van der Waals surface area contributed by atoms with E-state index < -0.39 is 0 Å². The van der Waals surface area contributed by atoms with E-state index >= 15 is 0 Å². The van der Waals surface area contributed by atoms with E-state index in [1.54, 1.807) is 6.20 Å². The van der Waals surface area contributed by atoms with Gasteiger partial charge in [-0.3, -0.25) is 10.1 Å². The molecule has 3 nitrogen and oxygen atoms in total. The second kappa shape index (κ2) is 4.84. The lowest BCUT2D eigenvalue weighted by Gasteiger charge is -2.15. The highest BCUT2D eigenvalue weighted by Crippen LogP contribution is 2.30. The Balaban J connectivity index is 2.11. The van der Waals surface area contributed by atoms with Gasteiger partial charge < -0.3 is 0 Å². The van der Waals surface area contributed by atoms with Crippen molar-refractivity contribution in [2.24, 2.45) is 0 Å². The standard InChI is InChI=1S/C15H13N3/c1-2-5-12(6-3-1)15(14-10-17-18-11-14)13-7-4-8-16-9-13/h1-11,15H,(H,17,18). The number of nitrogens with one attached hydrogen (secondary N) is 1. The third-order valence-corrected chi connectivity index (χ3v) is 3.00. The number of rotatable bonds is 3. The van der Waals surface area contributed by atoms with Crippen LogP contribution >= 0.6 is 0 Å². The minimum Gasteiger partial charge on any atom is -0.285 e. The Hall–Kier alpha value is -2.42. The fourth-order valence-corrected chi connectivity index (χ4v) is 2.19. The fourth-order valence-electron chi connectivity index (χ4n) is 2.19. The molecule has 0 aliphatic rings. The van der Waals surface area contributed by atoms with Crippen molar-refractivity contribution in [2.45, 2.75) is 5.92 Å². The van der Waals surface area contributed by atoms with Crippen LogP contribution in [0.1, 0.15) is 22.6 Å². The van der Waals surface area contributed by atoms with Gasteiger partial charge in [-0.1, -0.05) is 36.4 Å². The molecular weight excluding hydrogens is 222 g/mol. The van der Waals surface area contributed by atoms with Gasteiger partial charge in [-0.05, 0) is 17.2 Å². The maximum Gasteiger partial charge on any atom is 0.0528 e. The molecule has 3 heteroatoms. The molecule has 0 amide bonds. The number of benzene rings is 1. The third kappa shape index (κ3) is 2.02. The Morgan fingerprint density at radius 1 is 0.833 bits per heavy atom. The zero-order chi connectivity index (χ0) is 12.2. The van der Waals surface area contributed by atoms with E-state index in [2.05, 4.69) is 45.5 Å². The first-order chi connectivity index (χ1) is 8.95. The first-order valence-electron chi connectivity index (χ1n) is 5.88. The van der Waals surface area contributed by atoms with Crippen molar-refractivity contribution in [3.8, 4) is 0 Å². The average molecular weight is 235 g/mol. The van der Waals surface area contributed by atoms with Crippen LogP contribution < -0.4 is 0 Å². The monoisotopic (exact) mass is 235 g/mol. The summed E-state index contributed by atoms with van der Waals surface area (Å²) in [5.74, 6) is 0.179. The van der Waals surface area contributed by atoms with Crippen molar-refractivity contribution in [3.05, 3.63) is 83.9 Å². The van der Waals surface area contributed by atoms with E-state index in [1.807, 2.05) is 30.7 Å². The van der Waals surface area contributed by atoms with Crippen LogP contribution in [0, 0.1) is 0 Å². The Kier molecular flexibility index (Phi) is 2.88. The van der Waals surface area contributed by atoms with Gasteiger partial charge in [-0.25, -0.2) is 0 Å². The summed E-state index contributed by atoms with van der Waals surface area (Å²) in [5, 5.41) is 6.93. The predicted octanol–water partition coefficient (Wildman–Crippen LogP) is 2.98. The first-order valence-corrected chi connectivity index (χ1v) is 5.88. The molecule has 0 radical (unpaired) electrons. The van der Waals surface area contributed by atoms with Crippen LogP contribution in [-0.2, 0) is 0 Å². The maximum absolute atomic E-state index is 4.21. The van der Waals surface area contributed by atoms with Gasteiger partial charge in [0.2, 0.25) is 0 Å². The molecule has 1 atom stereocenters. The smallest absolute Gasteiger partial charge is 0.0528 e. The lowest BCUT2D eigenvalue weighted by atomic mass is 9.88. The second-order valence-electron chi connectivity index (χ2n) is 4.16. The number of hydrogen-bond donors (Lipinski definition) is 1. The summed E-state index contributed by atoms with van der Waals surface area (Å²) in [5.41, 5.74) is 3.56. The molecule has 0 aliphatic heterocycles. The van der Waals surface area contributed by atoms with Crippen molar-refractivity contribution in [2.75, 3.05) is 0 Å². The molecule has 2 aromatic heterocycles. The topological polar surface area (TPSA) is 41.6 Å². The minimum absolute atomic E-state index is 0.179. The van der Waals surface area contributed by atoms with Gasteiger partial charge in [0, 0.05) is 30.1 Å². The number of hydrogen-bond acceptors (Lipinski definition) is 2.